The highest BCUT2D eigenvalue weighted by molar-refractivity contribution is 7.13. The van der Waals surface area contributed by atoms with Gasteiger partial charge in [0, 0.05) is 49.0 Å². The third-order valence-electron chi connectivity index (χ3n) is 4.73. The molecule has 1 aliphatic rings. The Morgan fingerprint density at radius 2 is 2.00 bits per heavy atom. The van der Waals surface area contributed by atoms with Crippen molar-refractivity contribution in [2.45, 2.75) is 12.8 Å². The van der Waals surface area contributed by atoms with Gasteiger partial charge < -0.3 is 16.0 Å². The van der Waals surface area contributed by atoms with Crippen LogP contribution in [0.25, 0.3) is 0 Å². The van der Waals surface area contributed by atoms with Crippen molar-refractivity contribution in [3.8, 4) is 0 Å². The van der Waals surface area contributed by atoms with E-state index in [1.54, 1.807) is 16.0 Å². The van der Waals surface area contributed by atoms with E-state index in [1.165, 1.54) is 0 Å². The van der Waals surface area contributed by atoms with Gasteiger partial charge in [0.05, 0.1) is 17.8 Å². The number of hydrogen-bond acceptors (Lipinski definition) is 6. The van der Waals surface area contributed by atoms with Crippen LogP contribution in [0.3, 0.4) is 0 Å². The molecule has 1 aromatic carbocycles. The molecule has 0 unspecified atom stereocenters. The van der Waals surface area contributed by atoms with Crippen LogP contribution in [0, 0.1) is 12.8 Å². The number of halogens is 1. The van der Waals surface area contributed by atoms with Gasteiger partial charge in [-0.1, -0.05) is 0 Å². The van der Waals surface area contributed by atoms with Gasteiger partial charge in [-0.25, -0.2) is 4.98 Å². The predicted octanol–water partition coefficient (Wildman–Crippen LogP) is 3.29. The van der Waals surface area contributed by atoms with Crippen LogP contribution in [0.5, 0.6) is 0 Å². The quantitative estimate of drug-likeness (QED) is 0.592. The maximum atomic E-state index is 12.8. The van der Waals surface area contributed by atoms with Crippen molar-refractivity contribution in [3.05, 3.63) is 53.3 Å². The lowest BCUT2D eigenvalue weighted by molar-refractivity contribution is -0.119. The Bertz CT molecular complexity index is 938. The summed E-state index contributed by atoms with van der Waals surface area (Å²) in [6, 6.07) is 7.69. The average Bonchev–Trinajstić information content (AvgIpc) is 3.37. The number of carbonyl (C=O) groups is 1. The predicted molar refractivity (Wildman–Crippen MR) is 115 cm³/mol. The maximum Gasteiger partial charge on any atom is 0.229 e. The normalized spacial score (nSPS) is 18.5. The standard InChI is InChI=1S/C19H22N6OS.ClH/c1-12-11-27-19(22-12)24-15-5-3-14(4-6-15)23-18(26)17-9-20-8-16(17)13-7-21-25(2)10-13;/h3-7,10-11,16-17,20H,8-9H2,1-2H3,(H,22,24)(H,23,26);1H/t16-,17+;/m1./s1. The number of amides is 1. The second kappa shape index (κ2) is 8.72. The summed E-state index contributed by atoms with van der Waals surface area (Å²) in [6.45, 7) is 3.44. The Kier molecular flexibility index (Phi) is 6.33. The fourth-order valence-electron chi connectivity index (χ4n) is 3.34. The van der Waals surface area contributed by atoms with Crippen molar-refractivity contribution in [3.63, 3.8) is 0 Å². The minimum absolute atomic E-state index is 0. The van der Waals surface area contributed by atoms with E-state index < -0.39 is 0 Å². The van der Waals surface area contributed by atoms with Crippen LogP contribution in [0.4, 0.5) is 16.5 Å². The SMILES string of the molecule is Cc1csc(Nc2ccc(NC(=O)[C@H]3CNC[C@@H]3c3cnn(C)c3)cc2)n1.Cl. The lowest BCUT2D eigenvalue weighted by atomic mass is 9.90. The van der Waals surface area contributed by atoms with E-state index in [4.69, 9.17) is 0 Å². The molecule has 4 rings (SSSR count). The summed E-state index contributed by atoms with van der Waals surface area (Å²) < 4.78 is 1.78. The first-order valence-corrected chi connectivity index (χ1v) is 9.76. The van der Waals surface area contributed by atoms with Crippen LogP contribution in [0.15, 0.2) is 42.0 Å². The van der Waals surface area contributed by atoms with E-state index in [9.17, 15) is 4.79 Å². The number of thiazole rings is 1. The number of nitrogens with zero attached hydrogens (tertiary/aromatic N) is 3. The molecule has 3 aromatic rings. The Morgan fingerprint density at radius 1 is 1.25 bits per heavy atom. The average molecular weight is 419 g/mol. The second-order valence-corrected chi connectivity index (χ2v) is 7.66. The summed E-state index contributed by atoms with van der Waals surface area (Å²) >= 11 is 1.57. The molecule has 7 nitrogen and oxygen atoms in total. The first-order valence-electron chi connectivity index (χ1n) is 8.88. The van der Waals surface area contributed by atoms with Crippen LogP contribution in [-0.4, -0.2) is 33.8 Å². The molecule has 3 N–H and O–H groups in total. The van der Waals surface area contributed by atoms with Crippen LogP contribution in [0.2, 0.25) is 0 Å². The Morgan fingerprint density at radius 3 is 2.64 bits per heavy atom. The van der Waals surface area contributed by atoms with Crippen molar-refractivity contribution in [2.75, 3.05) is 23.7 Å². The molecule has 1 fully saturated rings. The third kappa shape index (κ3) is 4.52. The second-order valence-electron chi connectivity index (χ2n) is 6.80. The van der Waals surface area contributed by atoms with E-state index in [0.717, 1.165) is 34.3 Å². The summed E-state index contributed by atoms with van der Waals surface area (Å²) in [5.74, 6) is 0.0724. The van der Waals surface area contributed by atoms with Crippen molar-refractivity contribution in [1.82, 2.24) is 20.1 Å². The molecule has 148 valence electrons. The van der Waals surface area contributed by atoms with Crippen molar-refractivity contribution < 1.29 is 4.79 Å². The minimum atomic E-state index is -0.106. The monoisotopic (exact) mass is 418 g/mol. The number of anilines is 3. The highest BCUT2D eigenvalue weighted by atomic mass is 35.5. The van der Waals surface area contributed by atoms with Gasteiger partial charge in [-0.2, -0.15) is 5.10 Å². The van der Waals surface area contributed by atoms with Gasteiger partial charge in [-0.05, 0) is 36.8 Å². The zero-order valence-electron chi connectivity index (χ0n) is 15.7. The summed E-state index contributed by atoms with van der Waals surface area (Å²) in [5.41, 5.74) is 3.83. The molecule has 1 aliphatic heterocycles. The van der Waals surface area contributed by atoms with E-state index in [0.29, 0.717) is 6.54 Å². The largest absolute Gasteiger partial charge is 0.332 e. The molecule has 28 heavy (non-hydrogen) atoms. The minimum Gasteiger partial charge on any atom is -0.332 e. The number of aromatic nitrogens is 3. The third-order valence-corrected chi connectivity index (χ3v) is 5.60. The van der Waals surface area contributed by atoms with Gasteiger partial charge in [-0.3, -0.25) is 9.48 Å². The maximum absolute atomic E-state index is 12.8. The summed E-state index contributed by atoms with van der Waals surface area (Å²) in [6.07, 6.45) is 3.83. The zero-order chi connectivity index (χ0) is 18.8. The number of carbonyl (C=O) groups excluding carboxylic acids is 1. The van der Waals surface area contributed by atoms with E-state index >= 15 is 0 Å². The molecule has 0 radical (unpaired) electrons. The molecule has 3 heterocycles. The topological polar surface area (TPSA) is 83.9 Å². The number of rotatable bonds is 5. The lowest BCUT2D eigenvalue weighted by Gasteiger charge is -2.17. The highest BCUT2D eigenvalue weighted by Crippen LogP contribution is 2.29. The first-order chi connectivity index (χ1) is 13.1. The fraction of sp³-hybridized carbons (Fsp3) is 0.316. The number of hydrogen-bond donors (Lipinski definition) is 3. The van der Waals surface area contributed by atoms with Gasteiger partial charge in [0.2, 0.25) is 5.91 Å². The van der Waals surface area contributed by atoms with Gasteiger partial charge in [0.1, 0.15) is 0 Å². The first kappa shape index (κ1) is 20.3. The smallest absolute Gasteiger partial charge is 0.229 e. The van der Waals surface area contributed by atoms with Crippen LogP contribution in [-0.2, 0) is 11.8 Å². The van der Waals surface area contributed by atoms with Crippen molar-refractivity contribution in [2.24, 2.45) is 13.0 Å². The molecule has 0 bridgehead atoms. The van der Waals surface area contributed by atoms with Gasteiger partial charge >= 0.3 is 0 Å². The van der Waals surface area contributed by atoms with Crippen molar-refractivity contribution >= 4 is 46.2 Å². The Labute approximate surface area is 174 Å². The molecule has 1 saturated heterocycles. The van der Waals surface area contributed by atoms with E-state index in [2.05, 4.69) is 26.0 Å². The van der Waals surface area contributed by atoms with E-state index in [1.807, 2.05) is 56.0 Å². The van der Waals surface area contributed by atoms with E-state index in [-0.39, 0.29) is 30.2 Å². The molecule has 2 aromatic heterocycles. The Hall–Kier alpha value is -2.42. The summed E-state index contributed by atoms with van der Waals surface area (Å²) in [5, 5.41) is 16.7. The fourth-order valence-corrected chi connectivity index (χ4v) is 4.05. The van der Waals surface area contributed by atoms with Gasteiger partial charge in [0.15, 0.2) is 5.13 Å². The molecular weight excluding hydrogens is 396 g/mol. The molecule has 9 heteroatoms. The van der Waals surface area contributed by atoms with Crippen LogP contribution in [0.1, 0.15) is 17.2 Å². The highest BCUT2D eigenvalue weighted by Gasteiger charge is 2.34. The molecular formula is C19H23ClN6OS. The Balaban J connectivity index is 0.00000225. The van der Waals surface area contributed by atoms with Crippen molar-refractivity contribution in [1.29, 1.82) is 0 Å². The number of nitrogens with one attached hydrogen (secondary N) is 3. The van der Waals surface area contributed by atoms with Crippen LogP contribution < -0.4 is 16.0 Å². The molecule has 2 atom stereocenters. The number of aryl methyl sites for hydroxylation is 2. The molecule has 1 amide bonds. The molecule has 0 spiro atoms. The molecule has 0 saturated carbocycles. The zero-order valence-corrected chi connectivity index (χ0v) is 17.3. The van der Waals surface area contributed by atoms with Crippen LogP contribution >= 0.6 is 23.7 Å². The number of benzene rings is 1. The van der Waals surface area contributed by atoms with Gasteiger partial charge in [0.25, 0.3) is 0 Å². The van der Waals surface area contributed by atoms with Gasteiger partial charge in [-0.15, -0.1) is 23.7 Å². The summed E-state index contributed by atoms with van der Waals surface area (Å²) in [7, 11) is 1.89. The molecule has 0 aliphatic carbocycles. The lowest BCUT2D eigenvalue weighted by Crippen LogP contribution is -2.28. The summed E-state index contributed by atoms with van der Waals surface area (Å²) in [4.78, 5) is 17.2.